The maximum atomic E-state index is 6.05. The molecule has 94 valence electrons. The first kappa shape index (κ1) is 12.2. The highest BCUT2D eigenvalue weighted by Crippen LogP contribution is 2.31. The van der Waals surface area contributed by atoms with E-state index in [9.17, 15) is 0 Å². The number of aryl methyl sites for hydroxylation is 1. The number of methoxy groups -OCH3 is 1. The predicted octanol–water partition coefficient (Wildman–Crippen LogP) is 1.57. The van der Waals surface area contributed by atoms with Gasteiger partial charge in [-0.1, -0.05) is 6.92 Å². The van der Waals surface area contributed by atoms with Crippen LogP contribution in [0.5, 0.6) is 5.75 Å². The highest BCUT2D eigenvalue weighted by Gasteiger charge is 2.25. The topological polar surface area (TPSA) is 51.4 Å². The number of pyridine rings is 1. The van der Waals surface area contributed by atoms with Crippen molar-refractivity contribution in [3.63, 3.8) is 0 Å². The first-order chi connectivity index (χ1) is 8.11. The summed E-state index contributed by atoms with van der Waals surface area (Å²) >= 11 is 0. The third-order valence-electron chi connectivity index (χ3n) is 3.52. The van der Waals surface area contributed by atoms with Gasteiger partial charge < -0.3 is 15.4 Å². The van der Waals surface area contributed by atoms with Gasteiger partial charge in [0, 0.05) is 24.8 Å². The van der Waals surface area contributed by atoms with Crippen molar-refractivity contribution >= 4 is 5.69 Å². The zero-order valence-electron chi connectivity index (χ0n) is 10.8. The van der Waals surface area contributed by atoms with Crippen molar-refractivity contribution in [3.05, 3.63) is 18.0 Å². The molecular formula is C13H21N3O. The molecule has 17 heavy (non-hydrogen) atoms. The van der Waals surface area contributed by atoms with Crippen LogP contribution in [0.2, 0.25) is 0 Å². The highest BCUT2D eigenvalue weighted by atomic mass is 16.5. The molecular weight excluding hydrogens is 214 g/mol. The van der Waals surface area contributed by atoms with E-state index in [0.717, 1.165) is 36.6 Å². The second-order valence-corrected chi connectivity index (χ2v) is 4.87. The van der Waals surface area contributed by atoms with Crippen LogP contribution in [0.4, 0.5) is 5.69 Å². The van der Waals surface area contributed by atoms with E-state index in [-0.39, 0.29) is 0 Å². The summed E-state index contributed by atoms with van der Waals surface area (Å²) in [6.07, 6.45) is 2.83. The Labute approximate surface area is 103 Å². The number of rotatable bonds is 2. The lowest BCUT2D eigenvalue weighted by Crippen LogP contribution is -2.46. The summed E-state index contributed by atoms with van der Waals surface area (Å²) in [6, 6.07) is 2.41. The fourth-order valence-electron chi connectivity index (χ4n) is 2.32. The lowest BCUT2D eigenvalue weighted by Gasteiger charge is -2.37. The molecule has 0 aliphatic carbocycles. The van der Waals surface area contributed by atoms with Gasteiger partial charge in [-0.25, -0.2) is 0 Å². The van der Waals surface area contributed by atoms with Crippen molar-refractivity contribution in [3.8, 4) is 5.75 Å². The predicted molar refractivity (Wildman–Crippen MR) is 69.5 cm³/mol. The molecule has 2 N–H and O–H groups in total. The lowest BCUT2D eigenvalue weighted by atomic mass is 9.94. The number of ether oxygens (including phenoxy) is 1. The molecule has 4 heteroatoms. The third kappa shape index (κ3) is 2.52. The molecule has 1 fully saturated rings. The van der Waals surface area contributed by atoms with Gasteiger partial charge in [0.1, 0.15) is 0 Å². The van der Waals surface area contributed by atoms with Crippen LogP contribution in [0.1, 0.15) is 19.0 Å². The summed E-state index contributed by atoms with van der Waals surface area (Å²) in [6.45, 7) is 6.19. The molecule has 2 atom stereocenters. The van der Waals surface area contributed by atoms with E-state index in [1.54, 1.807) is 13.3 Å². The Balaban J connectivity index is 2.24. The lowest BCUT2D eigenvalue weighted by molar-refractivity contribution is 0.374. The van der Waals surface area contributed by atoms with E-state index in [4.69, 9.17) is 10.5 Å². The summed E-state index contributed by atoms with van der Waals surface area (Å²) in [7, 11) is 1.69. The standard InChI is InChI=1S/C13H21N3O/c1-9-8-16(5-4-11(9)14)12-6-10(2)15-7-13(12)17-3/h6-7,9,11H,4-5,8,14H2,1-3H3. The van der Waals surface area contributed by atoms with Gasteiger partial charge in [0.2, 0.25) is 0 Å². The minimum absolute atomic E-state index is 0.320. The Bertz CT molecular complexity index is 394. The van der Waals surface area contributed by atoms with Gasteiger partial charge in [0.05, 0.1) is 19.0 Å². The average Bonchev–Trinajstić information content (AvgIpc) is 2.32. The second-order valence-electron chi connectivity index (χ2n) is 4.87. The molecule has 0 amide bonds. The molecule has 1 aromatic heterocycles. The highest BCUT2D eigenvalue weighted by molar-refractivity contribution is 5.58. The number of piperidine rings is 1. The third-order valence-corrected chi connectivity index (χ3v) is 3.52. The summed E-state index contributed by atoms with van der Waals surface area (Å²) in [5.74, 6) is 1.36. The molecule has 4 nitrogen and oxygen atoms in total. The van der Waals surface area contributed by atoms with E-state index >= 15 is 0 Å². The Hall–Kier alpha value is -1.29. The van der Waals surface area contributed by atoms with E-state index in [1.165, 1.54) is 0 Å². The molecule has 1 saturated heterocycles. The van der Waals surface area contributed by atoms with Crippen molar-refractivity contribution < 1.29 is 4.74 Å². The first-order valence-electron chi connectivity index (χ1n) is 6.13. The van der Waals surface area contributed by atoms with Crippen LogP contribution in [0, 0.1) is 12.8 Å². The van der Waals surface area contributed by atoms with Crippen molar-refractivity contribution in [2.45, 2.75) is 26.3 Å². The molecule has 0 saturated carbocycles. The average molecular weight is 235 g/mol. The number of aromatic nitrogens is 1. The zero-order chi connectivity index (χ0) is 12.4. The summed E-state index contributed by atoms with van der Waals surface area (Å²) in [5.41, 5.74) is 8.20. The Morgan fingerprint density at radius 2 is 2.29 bits per heavy atom. The molecule has 0 radical (unpaired) electrons. The number of nitrogens with two attached hydrogens (primary N) is 1. The minimum Gasteiger partial charge on any atom is -0.493 e. The van der Waals surface area contributed by atoms with Crippen LogP contribution in [0.15, 0.2) is 12.3 Å². The van der Waals surface area contributed by atoms with Gasteiger partial charge in [-0.3, -0.25) is 4.98 Å². The van der Waals surface area contributed by atoms with Crippen molar-refractivity contribution in [2.24, 2.45) is 11.7 Å². The van der Waals surface area contributed by atoms with Crippen LogP contribution >= 0.6 is 0 Å². The van der Waals surface area contributed by atoms with Crippen LogP contribution in [-0.4, -0.2) is 31.2 Å². The number of hydrogen-bond donors (Lipinski definition) is 1. The maximum absolute atomic E-state index is 6.05. The van der Waals surface area contributed by atoms with Crippen molar-refractivity contribution in [2.75, 3.05) is 25.1 Å². The van der Waals surface area contributed by atoms with Gasteiger partial charge in [0.15, 0.2) is 5.75 Å². The van der Waals surface area contributed by atoms with Gasteiger partial charge in [-0.15, -0.1) is 0 Å². The van der Waals surface area contributed by atoms with Gasteiger partial charge in [-0.2, -0.15) is 0 Å². The normalized spacial score (nSPS) is 24.8. The number of anilines is 1. The van der Waals surface area contributed by atoms with Crippen LogP contribution in [0.25, 0.3) is 0 Å². The molecule has 0 bridgehead atoms. The molecule has 2 heterocycles. The zero-order valence-corrected chi connectivity index (χ0v) is 10.8. The fourth-order valence-corrected chi connectivity index (χ4v) is 2.32. The monoisotopic (exact) mass is 235 g/mol. The fraction of sp³-hybridized carbons (Fsp3) is 0.615. The molecule has 2 rings (SSSR count). The van der Waals surface area contributed by atoms with E-state index < -0.39 is 0 Å². The Kier molecular flexibility index (Phi) is 3.52. The van der Waals surface area contributed by atoms with Gasteiger partial charge >= 0.3 is 0 Å². The quantitative estimate of drug-likeness (QED) is 0.845. The van der Waals surface area contributed by atoms with Crippen LogP contribution in [-0.2, 0) is 0 Å². The summed E-state index contributed by atoms with van der Waals surface area (Å²) in [5, 5.41) is 0. The largest absolute Gasteiger partial charge is 0.493 e. The SMILES string of the molecule is COc1cnc(C)cc1N1CCC(N)C(C)C1. The summed E-state index contributed by atoms with van der Waals surface area (Å²) in [4.78, 5) is 6.61. The number of nitrogens with zero attached hydrogens (tertiary/aromatic N) is 2. The second kappa shape index (κ2) is 4.92. The molecule has 1 aliphatic heterocycles. The van der Waals surface area contributed by atoms with E-state index in [2.05, 4.69) is 22.9 Å². The van der Waals surface area contributed by atoms with Crippen LogP contribution in [0.3, 0.4) is 0 Å². The molecule has 1 aromatic rings. The first-order valence-corrected chi connectivity index (χ1v) is 6.13. The molecule has 0 aromatic carbocycles. The Morgan fingerprint density at radius 1 is 1.53 bits per heavy atom. The molecule has 0 spiro atoms. The van der Waals surface area contributed by atoms with Crippen LogP contribution < -0.4 is 15.4 Å². The van der Waals surface area contributed by atoms with Gasteiger partial charge in [0.25, 0.3) is 0 Å². The number of hydrogen-bond acceptors (Lipinski definition) is 4. The van der Waals surface area contributed by atoms with E-state index in [0.29, 0.717) is 12.0 Å². The molecule has 2 unspecified atom stereocenters. The van der Waals surface area contributed by atoms with Gasteiger partial charge in [-0.05, 0) is 25.3 Å². The smallest absolute Gasteiger partial charge is 0.160 e. The minimum atomic E-state index is 0.320. The molecule has 1 aliphatic rings. The summed E-state index contributed by atoms with van der Waals surface area (Å²) < 4.78 is 5.38. The van der Waals surface area contributed by atoms with Crippen molar-refractivity contribution in [1.29, 1.82) is 0 Å². The van der Waals surface area contributed by atoms with E-state index in [1.807, 2.05) is 6.92 Å². The van der Waals surface area contributed by atoms with Crippen molar-refractivity contribution in [1.82, 2.24) is 4.98 Å². The Morgan fingerprint density at radius 3 is 2.94 bits per heavy atom. The maximum Gasteiger partial charge on any atom is 0.160 e.